The van der Waals surface area contributed by atoms with Gasteiger partial charge in [-0.15, -0.1) is 0 Å². The Bertz CT molecular complexity index is 404. The Morgan fingerprint density at radius 3 is 2.50 bits per heavy atom. The number of pyridine rings is 1. The van der Waals surface area contributed by atoms with E-state index in [0.29, 0.717) is 6.54 Å². The highest BCUT2D eigenvalue weighted by Gasteiger charge is 2.32. The molecule has 1 heterocycles. The molecule has 18 heavy (non-hydrogen) atoms. The molecular formula is C11H13F3N2O2. The molecule has 0 radical (unpaired) electrons. The lowest BCUT2D eigenvalue weighted by atomic mass is 10.2. The molecule has 7 heteroatoms. The Balaban J connectivity index is 2.88. The van der Waals surface area contributed by atoms with Gasteiger partial charge < -0.3 is 10.0 Å². The highest BCUT2D eigenvalue weighted by Crippen LogP contribution is 2.27. The summed E-state index contributed by atoms with van der Waals surface area (Å²) in [5.41, 5.74) is -0.970. The van der Waals surface area contributed by atoms with Crippen molar-refractivity contribution in [1.29, 1.82) is 0 Å². The zero-order valence-electron chi connectivity index (χ0n) is 9.74. The summed E-state index contributed by atoms with van der Waals surface area (Å²) in [6.45, 7) is 2.01. The van der Waals surface area contributed by atoms with Gasteiger partial charge in [-0.1, -0.05) is 0 Å². The van der Waals surface area contributed by atoms with Crippen molar-refractivity contribution < 1.29 is 23.1 Å². The Morgan fingerprint density at radius 1 is 1.44 bits per heavy atom. The molecule has 0 aromatic carbocycles. The first kappa shape index (κ1) is 14.4. The molecule has 4 nitrogen and oxygen atoms in total. The quantitative estimate of drug-likeness (QED) is 0.895. The number of alkyl halides is 3. The van der Waals surface area contributed by atoms with Gasteiger partial charge in [-0.25, -0.2) is 0 Å². The summed E-state index contributed by atoms with van der Waals surface area (Å²) < 4.78 is 36.8. The standard InChI is InChI=1S/C11H13F3N2O2/c1-2-16(5-6-17)10(18)8-3-4-9(15-7-8)11(12,13)14/h3-4,7,17H,2,5-6H2,1H3. The van der Waals surface area contributed by atoms with Crippen LogP contribution in [0.4, 0.5) is 13.2 Å². The third-order valence-electron chi connectivity index (χ3n) is 2.34. The fourth-order valence-electron chi connectivity index (χ4n) is 1.39. The highest BCUT2D eigenvalue weighted by molar-refractivity contribution is 5.93. The van der Waals surface area contributed by atoms with Gasteiger partial charge in [0.15, 0.2) is 0 Å². The molecule has 1 aromatic heterocycles. The molecule has 1 amide bonds. The van der Waals surface area contributed by atoms with Gasteiger partial charge in [0.05, 0.1) is 12.2 Å². The molecule has 0 aliphatic heterocycles. The van der Waals surface area contributed by atoms with Crippen molar-refractivity contribution in [1.82, 2.24) is 9.88 Å². The van der Waals surface area contributed by atoms with Crippen LogP contribution in [0.15, 0.2) is 18.3 Å². The number of carbonyl (C=O) groups excluding carboxylic acids is 1. The number of likely N-dealkylation sites (N-methyl/N-ethyl adjacent to an activating group) is 1. The maximum absolute atomic E-state index is 12.3. The van der Waals surface area contributed by atoms with Crippen LogP contribution in [-0.2, 0) is 6.18 Å². The van der Waals surface area contributed by atoms with Crippen molar-refractivity contribution in [3.8, 4) is 0 Å². The van der Waals surface area contributed by atoms with Crippen molar-refractivity contribution in [3.05, 3.63) is 29.6 Å². The fourth-order valence-corrected chi connectivity index (χ4v) is 1.39. The molecule has 0 aliphatic carbocycles. The first-order valence-electron chi connectivity index (χ1n) is 5.33. The smallest absolute Gasteiger partial charge is 0.395 e. The molecule has 100 valence electrons. The van der Waals surface area contributed by atoms with E-state index < -0.39 is 17.8 Å². The summed E-state index contributed by atoms with van der Waals surface area (Å²) in [4.78, 5) is 16.4. The first-order valence-corrected chi connectivity index (χ1v) is 5.33. The maximum atomic E-state index is 12.3. The number of nitrogens with zero attached hydrogens (tertiary/aromatic N) is 2. The van der Waals surface area contributed by atoms with Crippen LogP contribution >= 0.6 is 0 Å². The second kappa shape index (κ2) is 5.81. The molecule has 0 bridgehead atoms. The van der Waals surface area contributed by atoms with Crippen molar-refractivity contribution in [2.75, 3.05) is 19.7 Å². The van der Waals surface area contributed by atoms with Crippen molar-refractivity contribution >= 4 is 5.91 Å². The molecule has 0 saturated carbocycles. The van der Waals surface area contributed by atoms with Crippen molar-refractivity contribution in [2.45, 2.75) is 13.1 Å². The van der Waals surface area contributed by atoms with Crippen LogP contribution in [0, 0.1) is 0 Å². The SMILES string of the molecule is CCN(CCO)C(=O)c1ccc(C(F)(F)F)nc1. The molecule has 1 rings (SSSR count). The fraction of sp³-hybridized carbons (Fsp3) is 0.455. The minimum atomic E-state index is -4.52. The number of aliphatic hydroxyl groups is 1. The van der Waals surface area contributed by atoms with Crippen molar-refractivity contribution in [2.24, 2.45) is 0 Å². The van der Waals surface area contributed by atoms with Crippen LogP contribution in [0.1, 0.15) is 23.0 Å². The molecule has 0 aliphatic rings. The summed E-state index contributed by atoms with van der Waals surface area (Å²) in [6, 6.07) is 1.85. The van der Waals surface area contributed by atoms with E-state index in [1.54, 1.807) is 6.92 Å². The van der Waals surface area contributed by atoms with E-state index in [2.05, 4.69) is 4.98 Å². The second-order valence-corrected chi connectivity index (χ2v) is 3.54. The van der Waals surface area contributed by atoms with E-state index in [4.69, 9.17) is 5.11 Å². The number of aliphatic hydroxyl groups excluding tert-OH is 1. The first-order chi connectivity index (χ1) is 8.40. The van der Waals surface area contributed by atoms with Gasteiger partial charge in [0.25, 0.3) is 5.91 Å². The van der Waals surface area contributed by atoms with E-state index in [0.717, 1.165) is 18.3 Å². The number of carbonyl (C=O) groups is 1. The Hall–Kier alpha value is -1.63. The highest BCUT2D eigenvalue weighted by atomic mass is 19.4. The molecule has 0 atom stereocenters. The second-order valence-electron chi connectivity index (χ2n) is 3.54. The van der Waals surface area contributed by atoms with Gasteiger partial charge in [0.2, 0.25) is 0 Å². The van der Waals surface area contributed by atoms with Crippen LogP contribution in [0.3, 0.4) is 0 Å². The minimum absolute atomic E-state index is 0.0679. The van der Waals surface area contributed by atoms with E-state index >= 15 is 0 Å². The van der Waals surface area contributed by atoms with Crippen LogP contribution < -0.4 is 0 Å². The van der Waals surface area contributed by atoms with Gasteiger partial charge in [-0.05, 0) is 19.1 Å². The average Bonchev–Trinajstić information content (AvgIpc) is 2.34. The molecule has 0 unspecified atom stereocenters. The third-order valence-corrected chi connectivity index (χ3v) is 2.34. The largest absolute Gasteiger partial charge is 0.433 e. The summed E-state index contributed by atoms with van der Waals surface area (Å²) in [6.07, 6.45) is -3.62. The lowest BCUT2D eigenvalue weighted by Crippen LogP contribution is -2.33. The van der Waals surface area contributed by atoms with E-state index in [-0.39, 0.29) is 18.7 Å². The molecule has 0 saturated heterocycles. The summed E-state index contributed by atoms with van der Waals surface area (Å²) in [5, 5.41) is 8.76. The van der Waals surface area contributed by atoms with Gasteiger partial charge in [0, 0.05) is 19.3 Å². The lowest BCUT2D eigenvalue weighted by Gasteiger charge is -2.19. The van der Waals surface area contributed by atoms with Gasteiger partial charge in [-0.3, -0.25) is 9.78 Å². The normalized spacial score (nSPS) is 11.4. The Labute approximate surface area is 102 Å². The lowest BCUT2D eigenvalue weighted by molar-refractivity contribution is -0.141. The molecule has 1 aromatic rings. The van der Waals surface area contributed by atoms with E-state index in [1.165, 1.54) is 4.90 Å². The predicted octanol–water partition coefficient (Wildman–Crippen LogP) is 1.55. The third kappa shape index (κ3) is 3.43. The zero-order valence-corrected chi connectivity index (χ0v) is 9.74. The Kier molecular flexibility index (Phi) is 4.66. The number of amides is 1. The number of hydrogen-bond donors (Lipinski definition) is 1. The molecule has 0 spiro atoms. The Morgan fingerprint density at radius 2 is 2.11 bits per heavy atom. The maximum Gasteiger partial charge on any atom is 0.433 e. The van der Waals surface area contributed by atoms with Gasteiger partial charge >= 0.3 is 6.18 Å². The van der Waals surface area contributed by atoms with Crippen LogP contribution in [0.25, 0.3) is 0 Å². The molecule has 0 fully saturated rings. The topological polar surface area (TPSA) is 53.4 Å². The van der Waals surface area contributed by atoms with E-state index in [9.17, 15) is 18.0 Å². The van der Waals surface area contributed by atoms with E-state index in [1.807, 2.05) is 0 Å². The minimum Gasteiger partial charge on any atom is -0.395 e. The van der Waals surface area contributed by atoms with Gasteiger partial charge in [0.1, 0.15) is 5.69 Å². The monoisotopic (exact) mass is 262 g/mol. The molecular weight excluding hydrogens is 249 g/mol. The van der Waals surface area contributed by atoms with Gasteiger partial charge in [-0.2, -0.15) is 13.2 Å². The zero-order chi connectivity index (χ0) is 13.8. The number of aromatic nitrogens is 1. The predicted molar refractivity (Wildman–Crippen MR) is 57.9 cm³/mol. The van der Waals surface area contributed by atoms with Crippen LogP contribution in [0.5, 0.6) is 0 Å². The van der Waals surface area contributed by atoms with Crippen molar-refractivity contribution in [3.63, 3.8) is 0 Å². The summed E-state index contributed by atoms with van der Waals surface area (Å²) in [7, 11) is 0. The summed E-state index contributed by atoms with van der Waals surface area (Å²) >= 11 is 0. The number of hydrogen-bond acceptors (Lipinski definition) is 3. The molecule has 1 N–H and O–H groups in total. The average molecular weight is 262 g/mol. The summed E-state index contributed by atoms with van der Waals surface area (Å²) in [5.74, 6) is -0.451. The number of rotatable bonds is 4. The number of halogens is 3. The van der Waals surface area contributed by atoms with Crippen LogP contribution in [-0.4, -0.2) is 40.6 Å². The van der Waals surface area contributed by atoms with Crippen LogP contribution in [0.2, 0.25) is 0 Å².